The van der Waals surface area contributed by atoms with Gasteiger partial charge in [0.1, 0.15) is 11.3 Å². The minimum Gasteiger partial charge on any atom is -0.496 e. The summed E-state index contributed by atoms with van der Waals surface area (Å²) >= 11 is 6.71. The van der Waals surface area contributed by atoms with E-state index in [1.165, 1.54) is 12.3 Å². The number of benzene rings is 2. The number of rotatable bonds is 2. The molecule has 0 saturated carbocycles. The predicted molar refractivity (Wildman–Crippen MR) is 113 cm³/mol. The first kappa shape index (κ1) is 18.8. The van der Waals surface area contributed by atoms with Gasteiger partial charge in [-0.1, -0.05) is 37.6 Å². The Kier molecular flexibility index (Phi) is 4.16. The Morgan fingerprint density at radius 1 is 1.04 bits per heavy atom. The highest BCUT2D eigenvalue weighted by Crippen LogP contribution is 2.48. The van der Waals surface area contributed by atoms with Crippen molar-refractivity contribution in [2.75, 3.05) is 7.11 Å². The molecule has 0 fully saturated rings. The molecule has 1 aliphatic heterocycles. The fourth-order valence-electron chi connectivity index (χ4n) is 3.86. The van der Waals surface area contributed by atoms with Gasteiger partial charge < -0.3 is 9.15 Å². The summed E-state index contributed by atoms with van der Waals surface area (Å²) in [6.45, 7) is 8.55. The molecule has 0 spiro atoms. The van der Waals surface area contributed by atoms with E-state index in [1.807, 2.05) is 24.3 Å². The first-order valence-corrected chi connectivity index (χ1v) is 9.55. The van der Waals surface area contributed by atoms with Gasteiger partial charge in [-0.15, -0.1) is 0 Å². The molecule has 0 atom stereocenters. The van der Waals surface area contributed by atoms with Crippen molar-refractivity contribution in [1.29, 1.82) is 0 Å². The molecular weight excluding hydrogens is 374 g/mol. The summed E-state index contributed by atoms with van der Waals surface area (Å²) in [5.41, 5.74) is 3.14. The molecule has 5 heteroatoms. The number of hydrogen-bond acceptors (Lipinski definition) is 4. The highest BCUT2D eigenvalue weighted by molar-refractivity contribution is 6.40. The third-order valence-electron chi connectivity index (χ3n) is 6.07. The molecule has 0 saturated heterocycles. The topological polar surface area (TPSA) is 51.8 Å². The molecule has 0 radical (unpaired) electrons. The fraction of sp³-hybridized carbons (Fsp3) is 0.304. The minimum absolute atomic E-state index is 0.171. The summed E-state index contributed by atoms with van der Waals surface area (Å²) in [7, 11) is 1.68. The van der Waals surface area contributed by atoms with E-state index in [2.05, 4.69) is 27.7 Å². The van der Waals surface area contributed by atoms with E-state index in [1.54, 1.807) is 13.2 Å². The molecule has 1 aliphatic rings. The van der Waals surface area contributed by atoms with E-state index in [4.69, 9.17) is 25.7 Å². The average molecular weight is 396 g/mol. The second-order valence-electron chi connectivity index (χ2n) is 8.11. The molecule has 1 aromatic heterocycles. The van der Waals surface area contributed by atoms with Crippen LogP contribution in [-0.4, -0.2) is 18.4 Å². The van der Waals surface area contributed by atoms with Gasteiger partial charge in [0.15, 0.2) is 5.43 Å². The molecule has 0 amide bonds. The van der Waals surface area contributed by atoms with Crippen molar-refractivity contribution in [3.63, 3.8) is 0 Å². The van der Waals surface area contributed by atoms with Crippen molar-refractivity contribution in [2.45, 2.75) is 38.6 Å². The second kappa shape index (κ2) is 6.21. The number of nitrogens with zero attached hydrogens (tertiary/aromatic N) is 1. The van der Waals surface area contributed by atoms with Gasteiger partial charge in [0.25, 0.3) is 0 Å². The molecule has 28 heavy (non-hydrogen) atoms. The lowest BCUT2D eigenvalue weighted by Gasteiger charge is -2.45. The highest BCUT2D eigenvalue weighted by Gasteiger charge is 2.46. The Labute approximate surface area is 168 Å². The van der Waals surface area contributed by atoms with Gasteiger partial charge in [-0.25, -0.2) is 0 Å². The zero-order chi connectivity index (χ0) is 20.3. The number of aliphatic imine (C=N–C) groups is 1. The van der Waals surface area contributed by atoms with Crippen LogP contribution in [0.25, 0.3) is 11.0 Å². The Bertz CT molecular complexity index is 1190. The summed E-state index contributed by atoms with van der Waals surface area (Å²) in [6, 6.07) is 11.0. The summed E-state index contributed by atoms with van der Waals surface area (Å²) in [5, 5.41) is 0.728. The van der Waals surface area contributed by atoms with Crippen LogP contribution in [0.1, 0.15) is 44.4 Å². The highest BCUT2D eigenvalue weighted by atomic mass is 35.5. The quantitative estimate of drug-likeness (QED) is 0.586. The Balaban J connectivity index is 2.09. The van der Waals surface area contributed by atoms with Gasteiger partial charge >= 0.3 is 0 Å². The van der Waals surface area contributed by atoms with E-state index >= 15 is 0 Å². The van der Waals surface area contributed by atoms with Crippen LogP contribution in [0.3, 0.4) is 0 Å². The lowest BCUT2D eigenvalue weighted by molar-refractivity contribution is 0.289. The van der Waals surface area contributed by atoms with Gasteiger partial charge in [-0.3, -0.25) is 9.79 Å². The summed E-state index contributed by atoms with van der Waals surface area (Å²) in [6.07, 6.45) is 1.38. The number of methoxy groups -OCH3 is 1. The fourth-order valence-corrected chi connectivity index (χ4v) is 4.19. The zero-order valence-electron chi connectivity index (χ0n) is 16.6. The number of ether oxygens (including phenoxy) is 1. The van der Waals surface area contributed by atoms with Gasteiger partial charge in [-0.05, 0) is 32.0 Å². The van der Waals surface area contributed by atoms with Crippen LogP contribution in [0.5, 0.6) is 5.75 Å². The number of hydrogen-bond donors (Lipinski definition) is 0. The normalized spacial score (nSPS) is 17.1. The van der Waals surface area contributed by atoms with Crippen molar-refractivity contribution < 1.29 is 9.15 Å². The van der Waals surface area contributed by atoms with Crippen LogP contribution in [0, 0.1) is 0 Å². The van der Waals surface area contributed by atoms with E-state index in [9.17, 15) is 4.79 Å². The average Bonchev–Trinajstić information content (AvgIpc) is 2.65. The summed E-state index contributed by atoms with van der Waals surface area (Å²) in [4.78, 5) is 17.5. The van der Waals surface area contributed by atoms with Crippen molar-refractivity contribution in [2.24, 2.45) is 4.99 Å². The Morgan fingerprint density at radius 2 is 1.79 bits per heavy atom. The lowest BCUT2D eigenvalue weighted by Crippen LogP contribution is -2.46. The van der Waals surface area contributed by atoms with Crippen LogP contribution in [0.4, 0.5) is 0 Å². The van der Waals surface area contributed by atoms with Crippen molar-refractivity contribution in [3.8, 4) is 5.75 Å². The molecule has 0 N–H and O–H groups in total. The zero-order valence-corrected chi connectivity index (χ0v) is 17.3. The Hall–Kier alpha value is -2.59. The van der Waals surface area contributed by atoms with Crippen LogP contribution >= 0.6 is 11.6 Å². The standard InChI is InChI=1S/C23H22ClNO3/c1-22(2)19-13(7-6-8-17(19)27-5)21(25-23(22,3)4)14-9-10-16-18(20(14)24)15(26)11-12-28-16/h6-12H,1-5H3. The first-order chi connectivity index (χ1) is 13.2. The van der Waals surface area contributed by atoms with Crippen molar-refractivity contribution in [3.05, 3.63) is 74.6 Å². The second-order valence-corrected chi connectivity index (χ2v) is 8.49. The van der Waals surface area contributed by atoms with E-state index in [-0.39, 0.29) is 10.8 Å². The van der Waals surface area contributed by atoms with Crippen LogP contribution < -0.4 is 10.2 Å². The maximum absolute atomic E-state index is 12.4. The third-order valence-corrected chi connectivity index (χ3v) is 6.46. The van der Waals surface area contributed by atoms with E-state index in [0.717, 1.165) is 22.6 Å². The van der Waals surface area contributed by atoms with Gasteiger partial charge in [0, 0.05) is 28.2 Å². The molecule has 144 valence electrons. The first-order valence-electron chi connectivity index (χ1n) is 9.17. The lowest BCUT2D eigenvalue weighted by atomic mass is 9.65. The third kappa shape index (κ3) is 2.51. The minimum atomic E-state index is -0.413. The Morgan fingerprint density at radius 3 is 2.50 bits per heavy atom. The predicted octanol–water partition coefficient (Wildman–Crippen LogP) is 5.36. The number of fused-ring (bicyclic) bond motifs is 2. The van der Waals surface area contributed by atoms with Gasteiger partial charge in [-0.2, -0.15) is 0 Å². The molecule has 0 bridgehead atoms. The molecule has 0 unspecified atom stereocenters. The van der Waals surface area contributed by atoms with Crippen LogP contribution in [-0.2, 0) is 5.41 Å². The molecule has 4 rings (SSSR count). The van der Waals surface area contributed by atoms with Crippen LogP contribution in [0.2, 0.25) is 5.02 Å². The monoisotopic (exact) mass is 395 g/mol. The molecular formula is C23H22ClNO3. The molecule has 3 aromatic rings. The maximum atomic E-state index is 12.4. The van der Waals surface area contributed by atoms with Gasteiger partial charge in [0.05, 0.1) is 35.0 Å². The largest absolute Gasteiger partial charge is 0.496 e. The molecule has 2 heterocycles. The van der Waals surface area contributed by atoms with Crippen LogP contribution in [0.15, 0.2) is 56.9 Å². The van der Waals surface area contributed by atoms with E-state index < -0.39 is 5.54 Å². The molecule has 2 aromatic carbocycles. The SMILES string of the molecule is COc1cccc2c1C(C)(C)C(C)(C)N=C2c1ccc2occc(=O)c2c1Cl. The van der Waals surface area contributed by atoms with Crippen molar-refractivity contribution >= 4 is 28.3 Å². The molecule has 4 nitrogen and oxygen atoms in total. The molecule has 0 aliphatic carbocycles. The number of halogens is 1. The van der Waals surface area contributed by atoms with E-state index in [0.29, 0.717) is 21.6 Å². The van der Waals surface area contributed by atoms with Gasteiger partial charge in [0.2, 0.25) is 0 Å². The maximum Gasteiger partial charge on any atom is 0.194 e. The summed E-state index contributed by atoms with van der Waals surface area (Å²) < 4.78 is 11.1. The summed E-state index contributed by atoms with van der Waals surface area (Å²) in [5.74, 6) is 0.819. The smallest absolute Gasteiger partial charge is 0.194 e. The van der Waals surface area contributed by atoms with Crippen molar-refractivity contribution in [1.82, 2.24) is 0 Å².